The van der Waals surface area contributed by atoms with Gasteiger partial charge in [-0.05, 0) is 58.4 Å². The average molecular weight is 371 g/mol. The van der Waals surface area contributed by atoms with Crippen molar-refractivity contribution in [2.45, 2.75) is 0 Å². The Morgan fingerprint density at radius 3 is 2.57 bits per heavy atom. The van der Waals surface area contributed by atoms with E-state index in [1.54, 1.807) is 49.6 Å². The van der Waals surface area contributed by atoms with Crippen molar-refractivity contribution >= 4 is 39.1 Å². The molecule has 0 aliphatic heterocycles. The van der Waals surface area contributed by atoms with Crippen LogP contribution in [0.3, 0.4) is 0 Å². The molecule has 21 heavy (non-hydrogen) atoms. The Morgan fingerprint density at radius 1 is 1.24 bits per heavy atom. The highest BCUT2D eigenvalue weighted by atomic mass is 79.9. The lowest BCUT2D eigenvalue weighted by atomic mass is 10.3. The second-order valence-corrected chi connectivity index (χ2v) is 5.43. The van der Waals surface area contributed by atoms with E-state index in [9.17, 15) is 4.79 Å². The minimum atomic E-state index is -0.248. The number of methoxy groups -OCH3 is 1. The van der Waals surface area contributed by atoms with Gasteiger partial charge in [-0.25, -0.2) is 0 Å². The highest BCUT2D eigenvalue weighted by Crippen LogP contribution is 2.27. The molecule has 1 amide bonds. The van der Waals surface area contributed by atoms with Gasteiger partial charge in [0.25, 0.3) is 5.91 Å². The monoisotopic (exact) mass is 369 g/mol. The van der Waals surface area contributed by atoms with Gasteiger partial charge in [0.15, 0.2) is 6.61 Å². The lowest BCUT2D eigenvalue weighted by molar-refractivity contribution is -0.118. The molecule has 4 nitrogen and oxygen atoms in total. The Kier molecular flexibility index (Phi) is 5.47. The van der Waals surface area contributed by atoms with E-state index in [1.165, 1.54) is 0 Å². The molecular formula is C15H13BrClNO3. The number of carbonyl (C=O) groups is 1. The van der Waals surface area contributed by atoms with Crippen LogP contribution in [0.4, 0.5) is 5.69 Å². The van der Waals surface area contributed by atoms with Crippen LogP contribution >= 0.6 is 27.5 Å². The predicted octanol–water partition coefficient (Wildman–Crippen LogP) is 4.13. The van der Waals surface area contributed by atoms with Gasteiger partial charge < -0.3 is 14.8 Å². The standard InChI is InChI=1S/C15H13BrClNO3/c1-20-14-7-4-11(8-13(14)16)18-15(19)9-21-12-5-2-10(17)3-6-12/h2-8H,9H2,1H3,(H,18,19). The molecule has 0 atom stereocenters. The summed E-state index contributed by atoms with van der Waals surface area (Å²) in [6, 6.07) is 12.1. The van der Waals surface area contributed by atoms with Gasteiger partial charge in [-0.1, -0.05) is 11.6 Å². The van der Waals surface area contributed by atoms with Crippen molar-refractivity contribution in [3.8, 4) is 11.5 Å². The third-order valence-corrected chi connectivity index (χ3v) is 3.49. The second kappa shape index (κ2) is 7.33. The molecule has 0 spiro atoms. The maximum absolute atomic E-state index is 11.8. The van der Waals surface area contributed by atoms with Crippen LogP contribution in [0, 0.1) is 0 Å². The average Bonchev–Trinajstić information content (AvgIpc) is 2.47. The fourth-order valence-corrected chi connectivity index (χ4v) is 2.29. The van der Waals surface area contributed by atoms with Crippen LogP contribution in [0.5, 0.6) is 11.5 Å². The van der Waals surface area contributed by atoms with Crippen molar-refractivity contribution in [1.82, 2.24) is 0 Å². The summed E-state index contributed by atoms with van der Waals surface area (Å²) in [6.45, 7) is -0.0781. The molecule has 6 heteroatoms. The third-order valence-electron chi connectivity index (χ3n) is 2.62. The van der Waals surface area contributed by atoms with E-state index in [1.807, 2.05) is 0 Å². The molecular weight excluding hydrogens is 358 g/mol. The van der Waals surface area contributed by atoms with Crippen LogP contribution in [-0.4, -0.2) is 19.6 Å². The molecule has 0 aliphatic carbocycles. The van der Waals surface area contributed by atoms with E-state index in [0.717, 1.165) is 4.47 Å². The molecule has 0 saturated heterocycles. The van der Waals surface area contributed by atoms with Crippen molar-refractivity contribution in [2.75, 3.05) is 19.0 Å². The quantitative estimate of drug-likeness (QED) is 0.861. The van der Waals surface area contributed by atoms with Crippen LogP contribution in [0.25, 0.3) is 0 Å². The van der Waals surface area contributed by atoms with E-state index < -0.39 is 0 Å². The molecule has 2 aromatic rings. The van der Waals surface area contributed by atoms with E-state index in [-0.39, 0.29) is 12.5 Å². The Hall–Kier alpha value is -1.72. The van der Waals surface area contributed by atoms with Gasteiger partial charge in [-0.3, -0.25) is 4.79 Å². The summed E-state index contributed by atoms with van der Waals surface area (Å²) in [5.41, 5.74) is 0.660. The van der Waals surface area contributed by atoms with Gasteiger partial charge in [0, 0.05) is 10.7 Å². The summed E-state index contributed by atoms with van der Waals surface area (Å²) in [6.07, 6.45) is 0. The van der Waals surface area contributed by atoms with Gasteiger partial charge in [-0.15, -0.1) is 0 Å². The zero-order valence-corrected chi connectivity index (χ0v) is 13.6. The Balaban J connectivity index is 1.89. The minimum absolute atomic E-state index is 0.0781. The van der Waals surface area contributed by atoms with E-state index in [2.05, 4.69) is 21.2 Å². The lowest BCUT2D eigenvalue weighted by Crippen LogP contribution is -2.20. The van der Waals surface area contributed by atoms with Crippen LogP contribution in [-0.2, 0) is 4.79 Å². The summed E-state index contributed by atoms with van der Waals surface area (Å²) in [7, 11) is 1.58. The van der Waals surface area contributed by atoms with Gasteiger partial charge in [0.2, 0.25) is 0 Å². The SMILES string of the molecule is COc1ccc(NC(=O)COc2ccc(Cl)cc2)cc1Br. The summed E-state index contributed by atoms with van der Waals surface area (Å²) in [5.74, 6) is 1.04. The highest BCUT2D eigenvalue weighted by molar-refractivity contribution is 9.10. The van der Waals surface area contributed by atoms with Gasteiger partial charge in [-0.2, -0.15) is 0 Å². The Labute approximate surface area is 136 Å². The maximum Gasteiger partial charge on any atom is 0.262 e. The number of rotatable bonds is 5. The summed E-state index contributed by atoms with van der Waals surface area (Å²) in [5, 5.41) is 3.36. The summed E-state index contributed by atoms with van der Waals surface area (Å²) in [4.78, 5) is 11.8. The zero-order chi connectivity index (χ0) is 15.2. The first-order chi connectivity index (χ1) is 10.1. The number of ether oxygens (including phenoxy) is 2. The van der Waals surface area contributed by atoms with Crippen molar-refractivity contribution in [2.24, 2.45) is 0 Å². The molecule has 0 aromatic heterocycles. The van der Waals surface area contributed by atoms with E-state index in [4.69, 9.17) is 21.1 Å². The fraction of sp³-hybridized carbons (Fsp3) is 0.133. The number of carbonyl (C=O) groups excluding carboxylic acids is 1. The van der Waals surface area contributed by atoms with E-state index >= 15 is 0 Å². The molecule has 0 bridgehead atoms. The molecule has 2 aromatic carbocycles. The number of halogens is 2. The normalized spacial score (nSPS) is 10.0. The first kappa shape index (κ1) is 15.7. The fourth-order valence-electron chi connectivity index (χ4n) is 1.62. The molecule has 0 radical (unpaired) electrons. The number of hydrogen-bond acceptors (Lipinski definition) is 3. The number of nitrogens with one attached hydrogen (secondary N) is 1. The molecule has 0 unspecified atom stereocenters. The molecule has 0 aliphatic rings. The van der Waals surface area contributed by atoms with Crippen LogP contribution in [0.15, 0.2) is 46.9 Å². The first-order valence-electron chi connectivity index (χ1n) is 6.10. The number of benzene rings is 2. The minimum Gasteiger partial charge on any atom is -0.496 e. The third kappa shape index (κ3) is 4.65. The Morgan fingerprint density at radius 2 is 1.95 bits per heavy atom. The number of amides is 1. The van der Waals surface area contributed by atoms with Crippen molar-refractivity contribution < 1.29 is 14.3 Å². The zero-order valence-electron chi connectivity index (χ0n) is 11.2. The maximum atomic E-state index is 11.8. The van der Waals surface area contributed by atoms with Gasteiger partial charge >= 0.3 is 0 Å². The number of anilines is 1. The molecule has 1 N–H and O–H groups in total. The highest BCUT2D eigenvalue weighted by Gasteiger charge is 2.06. The molecule has 0 heterocycles. The first-order valence-corrected chi connectivity index (χ1v) is 7.27. The molecule has 110 valence electrons. The molecule has 0 fully saturated rings. The van der Waals surface area contributed by atoms with Crippen LogP contribution in [0.2, 0.25) is 5.02 Å². The predicted molar refractivity (Wildman–Crippen MR) is 86.3 cm³/mol. The van der Waals surface area contributed by atoms with Crippen LogP contribution < -0.4 is 14.8 Å². The van der Waals surface area contributed by atoms with Crippen molar-refractivity contribution in [1.29, 1.82) is 0 Å². The second-order valence-electron chi connectivity index (χ2n) is 4.14. The smallest absolute Gasteiger partial charge is 0.262 e. The van der Waals surface area contributed by atoms with Crippen LogP contribution in [0.1, 0.15) is 0 Å². The Bertz CT molecular complexity index is 631. The summed E-state index contributed by atoms with van der Waals surface area (Å²) < 4.78 is 11.3. The largest absolute Gasteiger partial charge is 0.496 e. The van der Waals surface area contributed by atoms with Gasteiger partial charge in [0.1, 0.15) is 11.5 Å². The lowest BCUT2D eigenvalue weighted by Gasteiger charge is -2.09. The molecule has 2 rings (SSSR count). The van der Waals surface area contributed by atoms with Crippen molar-refractivity contribution in [3.63, 3.8) is 0 Å². The topological polar surface area (TPSA) is 47.6 Å². The summed E-state index contributed by atoms with van der Waals surface area (Å²) >= 11 is 9.13. The molecule has 0 saturated carbocycles. The van der Waals surface area contributed by atoms with Gasteiger partial charge in [0.05, 0.1) is 11.6 Å². The van der Waals surface area contributed by atoms with E-state index in [0.29, 0.717) is 22.2 Å². The van der Waals surface area contributed by atoms with Crippen molar-refractivity contribution in [3.05, 3.63) is 52.0 Å². The number of hydrogen-bond donors (Lipinski definition) is 1.